The van der Waals surface area contributed by atoms with E-state index < -0.39 is 17.2 Å². The van der Waals surface area contributed by atoms with Gasteiger partial charge in [0.2, 0.25) is 0 Å². The van der Waals surface area contributed by atoms with Gasteiger partial charge in [-0.3, -0.25) is 18.7 Å². The maximum absolute atomic E-state index is 12.5. The van der Waals surface area contributed by atoms with Crippen LogP contribution in [0.25, 0.3) is 0 Å². The molecule has 9 nitrogen and oxygen atoms in total. The SMILES string of the molecule is Cn1c(NC(=O)c2cc(N3CCCCC3)ncn2)cc(=O)n(C)c1=O. The van der Waals surface area contributed by atoms with E-state index in [0.29, 0.717) is 5.82 Å². The van der Waals surface area contributed by atoms with Crippen molar-refractivity contribution >= 4 is 17.5 Å². The zero-order chi connectivity index (χ0) is 18.0. The summed E-state index contributed by atoms with van der Waals surface area (Å²) in [6.45, 7) is 1.81. The molecule has 9 heteroatoms. The molecular formula is C16H20N6O3. The van der Waals surface area contributed by atoms with Crippen molar-refractivity contribution in [3.05, 3.63) is 45.0 Å². The third-order valence-corrected chi connectivity index (χ3v) is 4.33. The molecule has 1 fully saturated rings. The Kier molecular flexibility index (Phi) is 4.64. The van der Waals surface area contributed by atoms with Crippen molar-refractivity contribution in [3.63, 3.8) is 0 Å². The fraction of sp³-hybridized carbons (Fsp3) is 0.438. The van der Waals surface area contributed by atoms with E-state index >= 15 is 0 Å². The Morgan fingerprint density at radius 3 is 2.48 bits per heavy atom. The quantitative estimate of drug-likeness (QED) is 0.848. The molecule has 132 valence electrons. The zero-order valence-electron chi connectivity index (χ0n) is 14.2. The first-order chi connectivity index (χ1) is 12.0. The Morgan fingerprint density at radius 2 is 1.76 bits per heavy atom. The molecule has 3 heterocycles. The predicted octanol–water partition coefficient (Wildman–Crippen LogP) is 0.117. The number of carbonyl (C=O) groups excluding carboxylic acids is 1. The van der Waals surface area contributed by atoms with Crippen LogP contribution in [0.2, 0.25) is 0 Å². The summed E-state index contributed by atoms with van der Waals surface area (Å²) in [6.07, 6.45) is 4.75. The molecule has 3 rings (SSSR count). The molecular weight excluding hydrogens is 324 g/mol. The van der Waals surface area contributed by atoms with E-state index in [2.05, 4.69) is 20.2 Å². The number of nitrogens with one attached hydrogen (secondary N) is 1. The standard InChI is InChI=1S/C16H20N6O3/c1-20-13(9-14(23)21(2)16(20)25)19-15(24)11-8-12(18-10-17-11)22-6-4-3-5-7-22/h8-10H,3-7H2,1-2H3,(H,19,24). The predicted molar refractivity (Wildman–Crippen MR) is 93.0 cm³/mol. The smallest absolute Gasteiger partial charge is 0.332 e. The number of amides is 1. The van der Waals surface area contributed by atoms with Crippen LogP contribution in [0, 0.1) is 0 Å². The number of anilines is 2. The van der Waals surface area contributed by atoms with E-state index in [-0.39, 0.29) is 11.5 Å². The summed E-state index contributed by atoms with van der Waals surface area (Å²) in [5.41, 5.74) is -0.821. The van der Waals surface area contributed by atoms with Gasteiger partial charge in [-0.25, -0.2) is 14.8 Å². The van der Waals surface area contributed by atoms with Crippen LogP contribution >= 0.6 is 0 Å². The van der Waals surface area contributed by atoms with Gasteiger partial charge in [0.1, 0.15) is 23.7 Å². The number of nitrogens with zero attached hydrogens (tertiary/aromatic N) is 5. The molecule has 0 spiro atoms. The van der Waals surface area contributed by atoms with Crippen LogP contribution in [0.4, 0.5) is 11.6 Å². The third-order valence-electron chi connectivity index (χ3n) is 4.33. The van der Waals surface area contributed by atoms with Crippen molar-refractivity contribution in [2.24, 2.45) is 14.1 Å². The largest absolute Gasteiger partial charge is 0.357 e. The summed E-state index contributed by atoms with van der Waals surface area (Å²) in [6, 6.07) is 2.83. The summed E-state index contributed by atoms with van der Waals surface area (Å²) in [5.74, 6) is 0.331. The summed E-state index contributed by atoms with van der Waals surface area (Å²) in [5, 5.41) is 2.57. The lowest BCUT2D eigenvalue weighted by Crippen LogP contribution is -2.38. The maximum atomic E-state index is 12.5. The molecule has 0 radical (unpaired) electrons. The summed E-state index contributed by atoms with van der Waals surface area (Å²) in [7, 11) is 2.86. The maximum Gasteiger partial charge on any atom is 0.332 e. The normalized spacial score (nSPS) is 14.4. The minimum absolute atomic E-state index is 0.122. The van der Waals surface area contributed by atoms with Crippen molar-refractivity contribution in [2.75, 3.05) is 23.3 Å². The van der Waals surface area contributed by atoms with E-state index in [1.165, 1.54) is 37.5 Å². The fourth-order valence-corrected chi connectivity index (χ4v) is 2.80. The number of carbonyl (C=O) groups is 1. The number of rotatable bonds is 3. The van der Waals surface area contributed by atoms with Crippen LogP contribution in [-0.2, 0) is 14.1 Å². The van der Waals surface area contributed by atoms with E-state index in [9.17, 15) is 14.4 Å². The lowest BCUT2D eigenvalue weighted by atomic mass is 10.1. The van der Waals surface area contributed by atoms with Gasteiger partial charge >= 0.3 is 5.69 Å². The van der Waals surface area contributed by atoms with Gasteiger partial charge in [-0.2, -0.15) is 0 Å². The van der Waals surface area contributed by atoms with E-state index in [1.54, 1.807) is 6.07 Å². The fourth-order valence-electron chi connectivity index (χ4n) is 2.80. The molecule has 25 heavy (non-hydrogen) atoms. The van der Waals surface area contributed by atoms with Gasteiger partial charge in [0, 0.05) is 39.3 Å². The second kappa shape index (κ2) is 6.88. The Bertz CT molecular complexity index is 911. The van der Waals surface area contributed by atoms with Crippen LogP contribution in [0.15, 0.2) is 28.0 Å². The highest BCUT2D eigenvalue weighted by atomic mass is 16.2. The average Bonchev–Trinajstić information content (AvgIpc) is 2.65. The molecule has 0 aliphatic carbocycles. The molecule has 0 atom stereocenters. The highest BCUT2D eigenvalue weighted by molar-refractivity contribution is 6.02. The molecule has 1 amide bonds. The number of hydrogen-bond acceptors (Lipinski definition) is 6. The molecule has 0 saturated carbocycles. The molecule has 0 aromatic carbocycles. The summed E-state index contributed by atoms with van der Waals surface area (Å²) >= 11 is 0. The summed E-state index contributed by atoms with van der Waals surface area (Å²) in [4.78, 5) is 46.5. The lowest BCUT2D eigenvalue weighted by molar-refractivity contribution is 0.102. The summed E-state index contributed by atoms with van der Waals surface area (Å²) < 4.78 is 2.17. The minimum Gasteiger partial charge on any atom is -0.357 e. The second-order valence-corrected chi connectivity index (χ2v) is 6.03. The van der Waals surface area contributed by atoms with Gasteiger partial charge in [0.05, 0.1) is 0 Å². The van der Waals surface area contributed by atoms with Gasteiger partial charge in [-0.05, 0) is 19.3 Å². The minimum atomic E-state index is -0.514. The molecule has 2 aromatic rings. The Balaban J connectivity index is 1.85. The second-order valence-electron chi connectivity index (χ2n) is 6.03. The van der Waals surface area contributed by atoms with Crippen LogP contribution in [0.3, 0.4) is 0 Å². The molecule has 0 unspecified atom stereocenters. The molecule has 1 saturated heterocycles. The molecule has 2 aromatic heterocycles. The highest BCUT2D eigenvalue weighted by Gasteiger charge is 2.16. The van der Waals surface area contributed by atoms with Crippen LogP contribution in [-0.4, -0.2) is 38.1 Å². The van der Waals surface area contributed by atoms with Gasteiger partial charge in [0.25, 0.3) is 11.5 Å². The first-order valence-corrected chi connectivity index (χ1v) is 8.13. The highest BCUT2D eigenvalue weighted by Crippen LogP contribution is 2.17. The van der Waals surface area contributed by atoms with Crippen molar-refractivity contribution < 1.29 is 4.79 Å². The average molecular weight is 344 g/mol. The van der Waals surface area contributed by atoms with E-state index in [1.807, 2.05) is 0 Å². The number of aromatic nitrogens is 4. The molecule has 1 N–H and O–H groups in total. The van der Waals surface area contributed by atoms with Gasteiger partial charge in [-0.15, -0.1) is 0 Å². The Morgan fingerprint density at radius 1 is 1.04 bits per heavy atom. The van der Waals surface area contributed by atoms with Gasteiger partial charge in [-0.1, -0.05) is 0 Å². The Hall–Kier alpha value is -2.97. The first kappa shape index (κ1) is 16.9. The molecule has 1 aliphatic rings. The lowest BCUT2D eigenvalue weighted by Gasteiger charge is -2.27. The number of piperidine rings is 1. The van der Waals surface area contributed by atoms with Crippen molar-refractivity contribution in [2.45, 2.75) is 19.3 Å². The van der Waals surface area contributed by atoms with Crippen LogP contribution in [0.5, 0.6) is 0 Å². The van der Waals surface area contributed by atoms with Gasteiger partial charge < -0.3 is 10.2 Å². The third kappa shape index (κ3) is 3.44. The first-order valence-electron chi connectivity index (χ1n) is 8.13. The Labute approximate surface area is 143 Å². The topological polar surface area (TPSA) is 102 Å². The zero-order valence-corrected chi connectivity index (χ0v) is 14.2. The van der Waals surface area contributed by atoms with Crippen LogP contribution in [0.1, 0.15) is 29.8 Å². The monoisotopic (exact) mass is 344 g/mol. The van der Waals surface area contributed by atoms with Crippen molar-refractivity contribution in [1.82, 2.24) is 19.1 Å². The van der Waals surface area contributed by atoms with E-state index in [4.69, 9.17) is 0 Å². The van der Waals surface area contributed by atoms with Crippen molar-refractivity contribution in [3.8, 4) is 0 Å². The number of hydrogen-bond donors (Lipinski definition) is 1. The van der Waals surface area contributed by atoms with Crippen LogP contribution < -0.4 is 21.5 Å². The molecule has 1 aliphatic heterocycles. The van der Waals surface area contributed by atoms with Crippen molar-refractivity contribution in [1.29, 1.82) is 0 Å². The van der Waals surface area contributed by atoms with Gasteiger partial charge in [0.15, 0.2) is 0 Å². The molecule has 0 bridgehead atoms. The van der Waals surface area contributed by atoms with E-state index in [0.717, 1.165) is 30.5 Å².